The maximum absolute atomic E-state index is 11.8. The van der Waals surface area contributed by atoms with Gasteiger partial charge in [0, 0.05) is 17.5 Å². The van der Waals surface area contributed by atoms with Gasteiger partial charge in [-0.3, -0.25) is 0 Å². The van der Waals surface area contributed by atoms with Gasteiger partial charge >= 0.3 is 0 Å². The van der Waals surface area contributed by atoms with E-state index in [2.05, 4.69) is 5.32 Å². The summed E-state index contributed by atoms with van der Waals surface area (Å²) in [5.74, 6) is 1.03. The molecule has 1 heterocycles. The quantitative estimate of drug-likeness (QED) is 0.929. The Bertz CT molecular complexity index is 530. The maximum Gasteiger partial charge on any atom is 0.150 e. The van der Waals surface area contributed by atoms with E-state index >= 15 is 0 Å². The summed E-state index contributed by atoms with van der Waals surface area (Å²) in [7, 11) is -0.976. The van der Waals surface area contributed by atoms with Crippen molar-refractivity contribution in [3.63, 3.8) is 0 Å². The molecule has 2 unspecified atom stereocenters. The summed E-state index contributed by atoms with van der Waals surface area (Å²) >= 11 is 6.05. The minimum Gasteiger partial charge on any atom is -0.319 e. The molecular weight excluding hydrogens is 282 g/mol. The van der Waals surface area contributed by atoms with E-state index in [1.807, 2.05) is 31.3 Å². The number of halogens is 1. The second-order valence-corrected chi connectivity index (χ2v) is 7.90. The van der Waals surface area contributed by atoms with Crippen LogP contribution in [-0.4, -0.2) is 33.5 Å². The molecule has 3 nitrogen and oxygen atoms in total. The molecule has 2 rings (SSSR count). The molecule has 1 aliphatic rings. The van der Waals surface area contributed by atoms with Crippen LogP contribution in [0.3, 0.4) is 0 Å². The Morgan fingerprint density at radius 3 is 2.89 bits per heavy atom. The maximum atomic E-state index is 11.8. The summed E-state index contributed by atoms with van der Waals surface area (Å²) in [6.07, 6.45) is 1.74. The van der Waals surface area contributed by atoms with Crippen molar-refractivity contribution < 1.29 is 8.42 Å². The summed E-state index contributed by atoms with van der Waals surface area (Å²) < 4.78 is 23.6. The highest BCUT2D eigenvalue weighted by Gasteiger charge is 2.31. The highest BCUT2D eigenvalue weighted by atomic mass is 35.5. The van der Waals surface area contributed by atoms with Crippen molar-refractivity contribution in [3.8, 4) is 0 Å². The van der Waals surface area contributed by atoms with Crippen molar-refractivity contribution >= 4 is 21.4 Å². The molecule has 0 radical (unpaired) electrons. The van der Waals surface area contributed by atoms with Crippen molar-refractivity contribution in [3.05, 3.63) is 34.9 Å². The van der Waals surface area contributed by atoms with Gasteiger partial charge in [0.2, 0.25) is 0 Å². The zero-order chi connectivity index (χ0) is 13.9. The molecule has 1 fully saturated rings. The first-order valence-corrected chi connectivity index (χ1v) is 8.82. The molecular formula is C14H20ClNO2S. The predicted octanol–water partition coefficient (Wildman–Crippen LogP) is 2.47. The lowest BCUT2D eigenvalue weighted by Crippen LogP contribution is -2.33. The van der Waals surface area contributed by atoms with E-state index in [0.29, 0.717) is 16.5 Å². The summed E-state index contributed by atoms with van der Waals surface area (Å²) in [6.45, 7) is 0.778. The number of likely N-dealkylation sites (N-methyl/N-ethyl adjacent to an activating group) is 1. The van der Waals surface area contributed by atoms with Gasteiger partial charge in [-0.1, -0.05) is 23.7 Å². The van der Waals surface area contributed by atoms with Crippen molar-refractivity contribution in [2.24, 2.45) is 5.92 Å². The lowest BCUT2D eigenvalue weighted by molar-refractivity contribution is 0.398. The standard InChI is InChI=1S/C14H20ClNO2S/c1-16-9-14(11-4-2-6-13(15)8-11)12-5-3-7-19(17,18)10-12/h2,4,6,8,12,14,16H,3,5,7,9-10H2,1H3. The lowest BCUT2D eigenvalue weighted by atomic mass is 9.84. The Balaban J connectivity index is 2.24. The van der Waals surface area contributed by atoms with Crippen LogP contribution in [0.5, 0.6) is 0 Å². The molecule has 2 atom stereocenters. The normalized spacial score (nSPS) is 24.0. The molecule has 0 amide bonds. The van der Waals surface area contributed by atoms with Crippen LogP contribution in [0.25, 0.3) is 0 Å². The Hall–Kier alpha value is -0.580. The van der Waals surface area contributed by atoms with Crippen LogP contribution in [0.1, 0.15) is 24.3 Å². The molecule has 0 aliphatic carbocycles. The molecule has 1 aromatic rings. The first kappa shape index (κ1) is 14.8. The molecule has 0 saturated carbocycles. The van der Waals surface area contributed by atoms with Crippen molar-refractivity contribution in [1.82, 2.24) is 5.32 Å². The summed E-state index contributed by atoms with van der Waals surface area (Å²) in [6, 6.07) is 7.76. The van der Waals surface area contributed by atoms with Crippen LogP contribution in [-0.2, 0) is 9.84 Å². The van der Waals surface area contributed by atoms with Crippen LogP contribution < -0.4 is 5.32 Å². The molecule has 106 valence electrons. The highest BCUT2D eigenvalue weighted by molar-refractivity contribution is 7.91. The van der Waals surface area contributed by atoms with E-state index < -0.39 is 9.84 Å². The Morgan fingerprint density at radius 1 is 1.47 bits per heavy atom. The number of benzene rings is 1. The van der Waals surface area contributed by atoms with Gasteiger partial charge in [0.25, 0.3) is 0 Å². The number of nitrogens with one attached hydrogen (secondary N) is 1. The number of rotatable bonds is 4. The van der Waals surface area contributed by atoms with Crippen LogP contribution in [0.2, 0.25) is 5.02 Å². The summed E-state index contributed by atoms with van der Waals surface area (Å²) in [5, 5.41) is 3.88. The second kappa shape index (κ2) is 6.25. The molecule has 1 aliphatic heterocycles. The Kier molecular flexibility index (Phi) is 4.87. The van der Waals surface area contributed by atoms with E-state index in [0.717, 1.165) is 24.9 Å². The SMILES string of the molecule is CNCC(c1cccc(Cl)c1)C1CCCS(=O)(=O)C1. The molecule has 0 spiro atoms. The first-order chi connectivity index (χ1) is 9.02. The molecule has 19 heavy (non-hydrogen) atoms. The fourth-order valence-electron chi connectivity index (χ4n) is 2.89. The number of hydrogen-bond donors (Lipinski definition) is 1. The molecule has 0 aromatic heterocycles. The summed E-state index contributed by atoms with van der Waals surface area (Å²) in [5.41, 5.74) is 1.13. The Labute approximate surface area is 120 Å². The predicted molar refractivity (Wildman–Crippen MR) is 79.5 cm³/mol. The summed E-state index contributed by atoms with van der Waals surface area (Å²) in [4.78, 5) is 0. The van der Waals surface area contributed by atoms with Crippen molar-refractivity contribution in [1.29, 1.82) is 0 Å². The highest BCUT2D eigenvalue weighted by Crippen LogP contribution is 2.33. The third-order valence-corrected chi connectivity index (χ3v) is 5.85. The topological polar surface area (TPSA) is 46.2 Å². The molecule has 5 heteroatoms. The average molecular weight is 302 g/mol. The van der Waals surface area contributed by atoms with Crippen molar-refractivity contribution in [2.45, 2.75) is 18.8 Å². The van der Waals surface area contributed by atoms with E-state index in [4.69, 9.17) is 11.6 Å². The van der Waals surface area contributed by atoms with E-state index in [1.54, 1.807) is 0 Å². The second-order valence-electron chi connectivity index (χ2n) is 5.24. The smallest absolute Gasteiger partial charge is 0.150 e. The lowest BCUT2D eigenvalue weighted by Gasteiger charge is -2.30. The fraction of sp³-hybridized carbons (Fsp3) is 0.571. The van der Waals surface area contributed by atoms with Crippen molar-refractivity contribution in [2.75, 3.05) is 25.1 Å². The van der Waals surface area contributed by atoms with Gasteiger partial charge in [0.15, 0.2) is 9.84 Å². The van der Waals surface area contributed by atoms with E-state index in [-0.39, 0.29) is 11.8 Å². The minimum atomic E-state index is -2.87. The molecule has 1 saturated heterocycles. The minimum absolute atomic E-state index is 0.185. The number of hydrogen-bond acceptors (Lipinski definition) is 3. The van der Waals surface area contributed by atoms with Crippen LogP contribution >= 0.6 is 11.6 Å². The van der Waals surface area contributed by atoms with Gasteiger partial charge in [-0.15, -0.1) is 0 Å². The van der Waals surface area contributed by atoms with Crippen LogP contribution in [0.15, 0.2) is 24.3 Å². The largest absolute Gasteiger partial charge is 0.319 e. The van der Waals surface area contributed by atoms with Crippen LogP contribution in [0, 0.1) is 5.92 Å². The van der Waals surface area contributed by atoms with Gasteiger partial charge in [-0.05, 0) is 43.5 Å². The van der Waals surface area contributed by atoms with Gasteiger partial charge in [0.1, 0.15) is 0 Å². The molecule has 0 bridgehead atoms. The van der Waals surface area contributed by atoms with E-state index in [1.165, 1.54) is 0 Å². The number of sulfone groups is 1. The Morgan fingerprint density at radius 2 is 2.26 bits per heavy atom. The van der Waals surface area contributed by atoms with Gasteiger partial charge in [-0.2, -0.15) is 0 Å². The van der Waals surface area contributed by atoms with Gasteiger partial charge in [0.05, 0.1) is 11.5 Å². The molecule has 1 aromatic carbocycles. The third kappa shape index (κ3) is 3.94. The zero-order valence-corrected chi connectivity index (χ0v) is 12.7. The first-order valence-electron chi connectivity index (χ1n) is 6.62. The van der Waals surface area contributed by atoms with Gasteiger partial charge < -0.3 is 5.32 Å². The molecule has 1 N–H and O–H groups in total. The third-order valence-electron chi connectivity index (χ3n) is 3.77. The monoisotopic (exact) mass is 301 g/mol. The average Bonchev–Trinajstić information content (AvgIpc) is 2.34. The zero-order valence-electron chi connectivity index (χ0n) is 11.1. The van der Waals surface area contributed by atoms with Gasteiger partial charge in [-0.25, -0.2) is 8.42 Å². The fourth-order valence-corrected chi connectivity index (χ4v) is 4.91. The van der Waals surface area contributed by atoms with Crippen LogP contribution in [0.4, 0.5) is 0 Å². The van der Waals surface area contributed by atoms with E-state index in [9.17, 15) is 8.42 Å².